The lowest BCUT2D eigenvalue weighted by Crippen LogP contribution is -2.29. The molecule has 0 spiro atoms. The van der Waals surface area contributed by atoms with Crippen LogP contribution in [0, 0.1) is 12.8 Å². The Balaban J connectivity index is 1.40. The van der Waals surface area contributed by atoms with Gasteiger partial charge in [-0.05, 0) is 60.7 Å². The molecule has 0 unspecified atom stereocenters. The fourth-order valence-corrected chi connectivity index (χ4v) is 4.55. The Bertz CT molecular complexity index is 1100. The van der Waals surface area contributed by atoms with Gasteiger partial charge >= 0.3 is 0 Å². The van der Waals surface area contributed by atoms with Crippen molar-refractivity contribution in [2.75, 3.05) is 5.32 Å². The van der Waals surface area contributed by atoms with Crippen molar-refractivity contribution in [1.82, 2.24) is 0 Å². The fourth-order valence-electron chi connectivity index (χ4n) is 4.55. The van der Waals surface area contributed by atoms with Crippen LogP contribution in [-0.2, 0) is 0 Å². The number of phenols is 1. The van der Waals surface area contributed by atoms with E-state index in [0.29, 0.717) is 17.9 Å². The molecule has 0 aromatic heterocycles. The largest absolute Gasteiger partial charge is 0.507 e. The minimum Gasteiger partial charge on any atom is -0.507 e. The maximum atomic E-state index is 9.88. The van der Waals surface area contributed by atoms with E-state index in [4.69, 9.17) is 0 Å². The SMILES string of the molecule is Cc1ccc2c(c1)[C@@H]1C=CC[C@@H]1[C@@H](c1ccc(N=Cc3ccccc3O)cc1)N2. The number of phenolic OH excluding ortho intramolecular Hbond substituents is 1. The molecule has 0 bridgehead atoms. The Labute approximate surface area is 171 Å². The number of benzene rings is 3. The summed E-state index contributed by atoms with van der Waals surface area (Å²) in [5.74, 6) is 1.27. The van der Waals surface area contributed by atoms with Crippen LogP contribution in [0.2, 0.25) is 0 Å². The average molecular weight is 380 g/mol. The number of nitrogens with one attached hydrogen (secondary N) is 1. The Morgan fingerprint density at radius 3 is 2.69 bits per heavy atom. The average Bonchev–Trinajstić information content (AvgIpc) is 3.23. The van der Waals surface area contributed by atoms with E-state index in [1.54, 1.807) is 12.3 Å². The first-order valence-corrected chi connectivity index (χ1v) is 10.1. The molecule has 2 aliphatic rings. The first-order valence-electron chi connectivity index (χ1n) is 10.1. The van der Waals surface area contributed by atoms with Gasteiger partial charge in [0.15, 0.2) is 0 Å². The number of aliphatic imine (C=N–C) groups is 1. The van der Waals surface area contributed by atoms with Crippen molar-refractivity contribution in [3.63, 3.8) is 0 Å². The first-order chi connectivity index (χ1) is 14.2. The van der Waals surface area contributed by atoms with Crippen molar-refractivity contribution in [3.8, 4) is 5.75 Å². The lowest BCUT2D eigenvalue weighted by molar-refractivity contribution is 0.425. The molecule has 0 amide bonds. The van der Waals surface area contributed by atoms with Crippen LogP contribution in [0.15, 0.2) is 83.9 Å². The molecule has 0 saturated carbocycles. The monoisotopic (exact) mass is 380 g/mol. The van der Waals surface area contributed by atoms with Crippen LogP contribution >= 0.6 is 0 Å². The molecule has 144 valence electrons. The molecule has 5 rings (SSSR count). The van der Waals surface area contributed by atoms with Crippen LogP contribution in [0.1, 0.15) is 40.6 Å². The third-order valence-corrected chi connectivity index (χ3v) is 6.06. The van der Waals surface area contributed by atoms with Gasteiger partial charge in [-0.1, -0.05) is 54.1 Å². The zero-order valence-corrected chi connectivity index (χ0v) is 16.4. The van der Waals surface area contributed by atoms with E-state index in [2.05, 4.69) is 71.8 Å². The van der Waals surface area contributed by atoms with Gasteiger partial charge in [-0.2, -0.15) is 0 Å². The predicted octanol–water partition coefficient (Wildman–Crippen LogP) is 6.28. The van der Waals surface area contributed by atoms with Crippen molar-refractivity contribution in [1.29, 1.82) is 0 Å². The molecule has 1 aliphatic heterocycles. The summed E-state index contributed by atoms with van der Waals surface area (Å²) in [4.78, 5) is 4.52. The van der Waals surface area contributed by atoms with Crippen molar-refractivity contribution in [2.45, 2.75) is 25.3 Å². The lowest BCUT2D eigenvalue weighted by atomic mass is 9.76. The predicted molar refractivity (Wildman–Crippen MR) is 119 cm³/mol. The Hall–Kier alpha value is -3.33. The number of anilines is 1. The fraction of sp³-hybridized carbons (Fsp3) is 0.192. The Kier molecular flexibility index (Phi) is 4.44. The Morgan fingerprint density at radius 2 is 1.86 bits per heavy atom. The maximum absolute atomic E-state index is 9.88. The van der Waals surface area contributed by atoms with Crippen molar-refractivity contribution in [3.05, 3.63) is 101 Å². The number of para-hydroxylation sites is 1. The van der Waals surface area contributed by atoms with Crippen LogP contribution < -0.4 is 5.32 Å². The van der Waals surface area contributed by atoms with E-state index < -0.39 is 0 Å². The maximum Gasteiger partial charge on any atom is 0.124 e. The number of allylic oxidation sites excluding steroid dienone is 2. The van der Waals surface area contributed by atoms with Crippen LogP contribution in [0.4, 0.5) is 11.4 Å². The molecule has 3 aromatic carbocycles. The molecule has 1 heterocycles. The van der Waals surface area contributed by atoms with E-state index in [9.17, 15) is 5.11 Å². The molecule has 0 saturated heterocycles. The van der Waals surface area contributed by atoms with E-state index >= 15 is 0 Å². The smallest absolute Gasteiger partial charge is 0.124 e. The normalized spacial score (nSPS) is 22.3. The summed E-state index contributed by atoms with van der Waals surface area (Å²) in [6.45, 7) is 2.16. The molecule has 29 heavy (non-hydrogen) atoms. The highest BCUT2D eigenvalue weighted by molar-refractivity contribution is 5.85. The number of aryl methyl sites for hydroxylation is 1. The summed E-state index contributed by atoms with van der Waals surface area (Å²) in [5.41, 5.74) is 6.87. The molecular weight excluding hydrogens is 356 g/mol. The molecule has 3 aromatic rings. The van der Waals surface area contributed by atoms with E-state index in [1.165, 1.54) is 22.4 Å². The van der Waals surface area contributed by atoms with Crippen LogP contribution in [-0.4, -0.2) is 11.3 Å². The van der Waals surface area contributed by atoms with Gasteiger partial charge in [0, 0.05) is 23.4 Å². The lowest BCUT2D eigenvalue weighted by Gasteiger charge is -2.37. The first kappa shape index (κ1) is 17.7. The van der Waals surface area contributed by atoms with E-state index in [1.807, 2.05) is 18.2 Å². The second-order valence-corrected chi connectivity index (χ2v) is 7.97. The quantitative estimate of drug-likeness (QED) is 0.415. The minimum absolute atomic E-state index is 0.243. The van der Waals surface area contributed by atoms with Gasteiger partial charge in [0.25, 0.3) is 0 Å². The highest BCUT2D eigenvalue weighted by atomic mass is 16.3. The molecule has 3 heteroatoms. The van der Waals surface area contributed by atoms with E-state index in [-0.39, 0.29) is 5.75 Å². The summed E-state index contributed by atoms with van der Waals surface area (Å²) in [5, 5.41) is 13.7. The third-order valence-electron chi connectivity index (χ3n) is 6.06. The molecule has 3 nitrogen and oxygen atoms in total. The Morgan fingerprint density at radius 1 is 1.03 bits per heavy atom. The number of rotatable bonds is 3. The number of hydrogen-bond donors (Lipinski definition) is 2. The van der Waals surface area contributed by atoms with Crippen molar-refractivity contribution < 1.29 is 5.11 Å². The second kappa shape index (κ2) is 7.25. The molecule has 2 N–H and O–H groups in total. The number of hydrogen-bond acceptors (Lipinski definition) is 3. The minimum atomic E-state index is 0.243. The molecule has 3 atom stereocenters. The summed E-state index contributed by atoms with van der Waals surface area (Å²) >= 11 is 0. The molecular formula is C26H24N2O. The third kappa shape index (κ3) is 3.33. The van der Waals surface area contributed by atoms with Gasteiger partial charge in [-0.15, -0.1) is 0 Å². The highest BCUT2D eigenvalue weighted by Gasteiger charge is 2.37. The van der Waals surface area contributed by atoms with Crippen LogP contribution in [0.25, 0.3) is 0 Å². The van der Waals surface area contributed by atoms with Gasteiger partial charge < -0.3 is 10.4 Å². The number of nitrogens with zero attached hydrogens (tertiary/aromatic N) is 1. The van der Waals surface area contributed by atoms with Crippen molar-refractivity contribution >= 4 is 17.6 Å². The van der Waals surface area contributed by atoms with E-state index in [0.717, 1.165) is 17.7 Å². The van der Waals surface area contributed by atoms with Crippen LogP contribution in [0.3, 0.4) is 0 Å². The second-order valence-electron chi connectivity index (χ2n) is 7.97. The topological polar surface area (TPSA) is 44.6 Å². The zero-order chi connectivity index (χ0) is 19.8. The standard InChI is InChI=1S/C26H24N2O/c1-17-9-14-24-23(15-17)21-6-4-7-22(21)26(28-24)18-10-12-20(13-11-18)27-16-19-5-2-3-8-25(19)29/h2-6,8-16,21-22,26,28-29H,7H2,1H3/t21-,22+,26-/m1/s1. The number of aromatic hydroxyl groups is 1. The van der Waals surface area contributed by atoms with Gasteiger partial charge in [-0.3, -0.25) is 4.99 Å². The molecule has 0 radical (unpaired) electrons. The molecule has 1 aliphatic carbocycles. The van der Waals surface area contributed by atoms with Gasteiger partial charge in [-0.25, -0.2) is 0 Å². The van der Waals surface area contributed by atoms with Gasteiger partial charge in [0.1, 0.15) is 5.75 Å². The summed E-state index contributed by atoms with van der Waals surface area (Å²) in [7, 11) is 0. The summed E-state index contributed by atoms with van der Waals surface area (Å²) in [6.07, 6.45) is 7.51. The molecule has 0 fully saturated rings. The van der Waals surface area contributed by atoms with Gasteiger partial charge in [0.05, 0.1) is 11.7 Å². The zero-order valence-electron chi connectivity index (χ0n) is 16.4. The van der Waals surface area contributed by atoms with Crippen LogP contribution in [0.5, 0.6) is 5.75 Å². The van der Waals surface area contributed by atoms with Gasteiger partial charge in [0.2, 0.25) is 0 Å². The summed E-state index contributed by atoms with van der Waals surface area (Å²) < 4.78 is 0. The van der Waals surface area contributed by atoms with Crippen molar-refractivity contribution in [2.24, 2.45) is 10.9 Å². The summed E-state index contributed by atoms with van der Waals surface area (Å²) in [6, 6.07) is 22.7. The number of fused-ring (bicyclic) bond motifs is 3. The highest BCUT2D eigenvalue weighted by Crippen LogP contribution is 2.50.